The topological polar surface area (TPSA) is 60.2 Å². The molecule has 3 heterocycles. The summed E-state index contributed by atoms with van der Waals surface area (Å²) < 4.78 is 38.6. The second kappa shape index (κ2) is 6.28. The Hall–Kier alpha value is -3.06. The van der Waals surface area contributed by atoms with Crippen LogP contribution in [0.3, 0.4) is 0 Å². The highest BCUT2D eigenvalue weighted by Crippen LogP contribution is 2.35. The van der Waals surface area contributed by atoms with E-state index in [4.69, 9.17) is 9.15 Å². The standard InChI is InChI=1S/C20H15F2N3O2/c21-13-6-5-11(9-14(13)22)18-15(7-8-26-18)25-20-19-17(23-10-24-20)12-3-1-2-4-16(12)27-19/h1-6,9-10,15,18H,7-8H2,(H,23,24,25). The molecule has 0 bridgehead atoms. The summed E-state index contributed by atoms with van der Waals surface area (Å²) in [4.78, 5) is 8.66. The van der Waals surface area contributed by atoms with Gasteiger partial charge in [0.25, 0.3) is 0 Å². The van der Waals surface area contributed by atoms with Crippen LogP contribution in [0.1, 0.15) is 18.1 Å². The quantitative estimate of drug-likeness (QED) is 0.574. The molecular weight excluding hydrogens is 352 g/mol. The van der Waals surface area contributed by atoms with Crippen LogP contribution in [0.4, 0.5) is 14.6 Å². The minimum Gasteiger partial charge on any atom is -0.450 e. The predicted octanol–water partition coefficient (Wildman–Crippen LogP) is 4.60. The van der Waals surface area contributed by atoms with Gasteiger partial charge < -0.3 is 14.5 Å². The maximum Gasteiger partial charge on any atom is 0.196 e. The van der Waals surface area contributed by atoms with E-state index in [0.717, 1.165) is 22.6 Å². The van der Waals surface area contributed by atoms with Gasteiger partial charge in [0.2, 0.25) is 0 Å². The van der Waals surface area contributed by atoms with Gasteiger partial charge in [-0.2, -0.15) is 0 Å². The van der Waals surface area contributed by atoms with Gasteiger partial charge in [-0.15, -0.1) is 0 Å². The summed E-state index contributed by atoms with van der Waals surface area (Å²) in [6.07, 6.45) is 1.78. The number of aromatic nitrogens is 2. The summed E-state index contributed by atoms with van der Waals surface area (Å²) in [5.74, 6) is -1.20. The Morgan fingerprint density at radius 3 is 2.81 bits per heavy atom. The van der Waals surface area contributed by atoms with Crippen molar-refractivity contribution in [2.75, 3.05) is 11.9 Å². The zero-order valence-electron chi connectivity index (χ0n) is 14.2. The smallest absolute Gasteiger partial charge is 0.196 e. The first-order chi connectivity index (χ1) is 13.2. The molecule has 2 aromatic carbocycles. The van der Waals surface area contributed by atoms with Gasteiger partial charge in [0.1, 0.15) is 23.5 Å². The van der Waals surface area contributed by atoms with Crippen molar-refractivity contribution in [1.29, 1.82) is 0 Å². The molecule has 0 radical (unpaired) electrons. The molecule has 4 aromatic rings. The number of nitrogens with zero attached hydrogens (tertiary/aromatic N) is 2. The van der Waals surface area contributed by atoms with E-state index in [0.29, 0.717) is 30.0 Å². The van der Waals surface area contributed by atoms with E-state index in [-0.39, 0.29) is 6.04 Å². The number of hydrogen-bond acceptors (Lipinski definition) is 5. The van der Waals surface area contributed by atoms with Crippen molar-refractivity contribution in [2.24, 2.45) is 0 Å². The lowest BCUT2D eigenvalue weighted by Gasteiger charge is -2.20. The average Bonchev–Trinajstić information content (AvgIpc) is 3.29. The molecule has 1 N–H and O–H groups in total. The number of para-hydroxylation sites is 1. The van der Waals surface area contributed by atoms with Crippen molar-refractivity contribution in [1.82, 2.24) is 9.97 Å². The highest BCUT2D eigenvalue weighted by atomic mass is 19.2. The van der Waals surface area contributed by atoms with Gasteiger partial charge in [-0.05, 0) is 36.2 Å². The normalized spacial score (nSPS) is 19.8. The van der Waals surface area contributed by atoms with Crippen LogP contribution in [0.25, 0.3) is 22.1 Å². The fourth-order valence-electron chi connectivity index (χ4n) is 3.56. The number of nitrogens with one attached hydrogen (secondary N) is 1. The molecule has 1 fully saturated rings. The molecule has 0 saturated carbocycles. The summed E-state index contributed by atoms with van der Waals surface area (Å²) in [6.45, 7) is 0.510. The molecule has 0 amide bonds. The average molecular weight is 367 g/mol. The van der Waals surface area contributed by atoms with E-state index in [2.05, 4.69) is 15.3 Å². The van der Waals surface area contributed by atoms with Gasteiger partial charge in [-0.3, -0.25) is 0 Å². The van der Waals surface area contributed by atoms with E-state index in [1.807, 2.05) is 24.3 Å². The summed E-state index contributed by atoms with van der Waals surface area (Å²) in [6, 6.07) is 11.3. The fraction of sp³-hybridized carbons (Fsp3) is 0.200. The van der Waals surface area contributed by atoms with Crippen molar-refractivity contribution in [2.45, 2.75) is 18.6 Å². The van der Waals surface area contributed by atoms with Crippen molar-refractivity contribution in [3.8, 4) is 0 Å². The Morgan fingerprint density at radius 1 is 1.04 bits per heavy atom. The number of furan rings is 1. The summed E-state index contributed by atoms with van der Waals surface area (Å²) in [7, 11) is 0. The molecule has 5 nitrogen and oxygen atoms in total. The van der Waals surface area contributed by atoms with Crippen LogP contribution in [0, 0.1) is 11.6 Å². The third-order valence-electron chi connectivity index (χ3n) is 4.84. The Balaban J connectivity index is 1.51. The molecule has 1 aliphatic heterocycles. The second-order valence-electron chi connectivity index (χ2n) is 6.50. The third kappa shape index (κ3) is 2.71. The number of ether oxygens (including phenoxy) is 1. The Morgan fingerprint density at radius 2 is 1.93 bits per heavy atom. The molecule has 2 aromatic heterocycles. The maximum absolute atomic E-state index is 13.6. The zero-order chi connectivity index (χ0) is 18.4. The summed E-state index contributed by atoms with van der Waals surface area (Å²) >= 11 is 0. The number of anilines is 1. The van der Waals surface area contributed by atoms with Gasteiger partial charge in [-0.25, -0.2) is 18.7 Å². The first kappa shape index (κ1) is 16.1. The molecule has 136 valence electrons. The lowest BCUT2D eigenvalue weighted by molar-refractivity contribution is 0.107. The van der Waals surface area contributed by atoms with Gasteiger partial charge in [0.15, 0.2) is 23.0 Å². The van der Waals surface area contributed by atoms with Crippen molar-refractivity contribution in [3.05, 3.63) is 66.0 Å². The lowest BCUT2D eigenvalue weighted by atomic mass is 10.0. The van der Waals surface area contributed by atoms with Crippen LogP contribution in [0.2, 0.25) is 0 Å². The molecular formula is C20H15F2N3O2. The van der Waals surface area contributed by atoms with E-state index in [1.54, 1.807) is 6.07 Å². The molecule has 2 unspecified atom stereocenters. The largest absolute Gasteiger partial charge is 0.450 e. The molecule has 0 spiro atoms. The van der Waals surface area contributed by atoms with Gasteiger partial charge >= 0.3 is 0 Å². The molecule has 27 heavy (non-hydrogen) atoms. The third-order valence-corrected chi connectivity index (χ3v) is 4.84. The second-order valence-corrected chi connectivity index (χ2v) is 6.50. The number of hydrogen-bond donors (Lipinski definition) is 1. The van der Waals surface area contributed by atoms with Crippen LogP contribution >= 0.6 is 0 Å². The molecule has 1 saturated heterocycles. The van der Waals surface area contributed by atoms with Crippen LogP contribution in [-0.2, 0) is 4.74 Å². The fourth-order valence-corrected chi connectivity index (χ4v) is 3.56. The SMILES string of the molecule is Fc1ccc(C2OCCC2Nc2ncnc3c2oc2ccccc23)cc1F. The summed E-state index contributed by atoms with van der Waals surface area (Å²) in [5.41, 5.74) is 2.61. The van der Waals surface area contributed by atoms with Gasteiger partial charge in [0.05, 0.1) is 6.04 Å². The molecule has 0 aliphatic carbocycles. The molecule has 5 rings (SSSR count). The predicted molar refractivity (Wildman–Crippen MR) is 96.4 cm³/mol. The summed E-state index contributed by atoms with van der Waals surface area (Å²) in [5, 5.41) is 4.26. The molecule has 2 atom stereocenters. The van der Waals surface area contributed by atoms with Crippen molar-refractivity contribution >= 4 is 27.9 Å². The van der Waals surface area contributed by atoms with Crippen LogP contribution in [-0.4, -0.2) is 22.6 Å². The van der Waals surface area contributed by atoms with Crippen molar-refractivity contribution in [3.63, 3.8) is 0 Å². The molecule has 7 heteroatoms. The van der Waals surface area contributed by atoms with Crippen LogP contribution < -0.4 is 5.32 Å². The highest BCUT2D eigenvalue weighted by Gasteiger charge is 2.31. The first-order valence-corrected chi connectivity index (χ1v) is 8.66. The van der Waals surface area contributed by atoms with Gasteiger partial charge in [0, 0.05) is 12.0 Å². The monoisotopic (exact) mass is 367 g/mol. The first-order valence-electron chi connectivity index (χ1n) is 8.66. The molecule has 1 aliphatic rings. The minimum absolute atomic E-state index is 0.152. The Labute approximate surface area is 153 Å². The Bertz CT molecular complexity index is 1140. The number of halogens is 2. The Kier molecular flexibility index (Phi) is 3.75. The van der Waals surface area contributed by atoms with Gasteiger partial charge in [-0.1, -0.05) is 18.2 Å². The van der Waals surface area contributed by atoms with Crippen LogP contribution in [0.15, 0.2) is 53.2 Å². The number of fused-ring (bicyclic) bond motifs is 3. The lowest BCUT2D eigenvalue weighted by Crippen LogP contribution is -2.24. The highest BCUT2D eigenvalue weighted by molar-refractivity contribution is 6.05. The zero-order valence-corrected chi connectivity index (χ0v) is 14.2. The number of rotatable bonds is 3. The van der Waals surface area contributed by atoms with E-state index in [1.165, 1.54) is 12.4 Å². The van der Waals surface area contributed by atoms with E-state index in [9.17, 15) is 8.78 Å². The van der Waals surface area contributed by atoms with Crippen LogP contribution in [0.5, 0.6) is 0 Å². The van der Waals surface area contributed by atoms with E-state index >= 15 is 0 Å². The maximum atomic E-state index is 13.6. The minimum atomic E-state index is -0.886. The van der Waals surface area contributed by atoms with E-state index < -0.39 is 17.7 Å². The van der Waals surface area contributed by atoms with Crippen molar-refractivity contribution < 1.29 is 17.9 Å². The number of benzene rings is 2.